The van der Waals surface area contributed by atoms with Crippen LogP contribution in [0.3, 0.4) is 0 Å². The van der Waals surface area contributed by atoms with Crippen LogP contribution in [0.5, 0.6) is 5.75 Å². The van der Waals surface area contributed by atoms with Gasteiger partial charge in [-0.2, -0.15) is 5.11 Å². The first kappa shape index (κ1) is 27.2. The van der Waals surface area contributed by atoms with Crippen LogP contribution < -0.4 is 41.0 Å². The Morgan fingerprint density at radius 3 is 1.87 bits per heavy atom. The monoisotopic (exact) mass is 534 g/mol. The van der Waals surface area contributed by atoms with Gasteiger partial charge in [-0.25, -0.2) is 8.42 Å². The summed E-state index contributed by atoms with van der Waals surface area (Å²) in [6.45, 7) is 0. The summed E-state index contributed by atoms with van der Waals surface area (Å²) in [5, 5.41) is 29.5. The van der Waals surface area contributed by atoms with Crippen molar-refractivity contribution >= 4 is 65.8 Å². The van der Waals surface area contributed by atoms with Crippen LogP contribution in [-0.2, 0) is 10.1 Å². The van der Waals surface area contributed by atoms with Crippen molar-refractivity contribution in [3.63, 3.8) is 0 Å². The summed E-state index contributed by atoms with van der Waals surface area (Å²) in [6.07, 6.45) is 0. The van der Waals surface area contributed by atoms with Gasteiger partial charge in [-0.3, -0.25) is 0 Å². The molecule has 0 spiro atoms. The van der Waals surface area contributed by atoms with E-state index in [0.717, 1.165) is 6.07 Å². The van der Waals surface area contributed by atoms with E-state index < -0.39 is 26.5 Å². The van der Waals surface area contributed by atoms with E-state index in [0.29, 0.717) is 44.6 Å². The number of phenols is 1. The summed E-state index contributed by atoms with van der Waals surface area (Å²) < 4.78 is 35.9. The number of azo groups is 2. The largest absolute Gasteiger partial charge is 1.00 e. The Bertz CT molecular complexity index is 1840. The van der Waals surface area contributed by atoms with Crippen molar-refractivity contribution in [2.75, 3.05) is 11.5 Å². The number of anilines is 2. The number of rotatable bonds is 5. The molecule has 0 radical (unpaired) electrons. The number of fused-ring (bicyclic) bond motifs is 2. The van der Waals surface area contributed by atoms with E-state index in [1.54, 1.807) is 48.5 Å². The van der Waals surface area contributed by atoms with Gasteiger partial charge in [-0.15, -0.1) is 15.3 Å². The van der Waals surface area contributed by atoms with E-state index in [1.165, 1.54) is 18.2 Å². The fourth-order valence-corrected chi connectivity index (χ4v) is 4.49. The number of nitrogens with zero attached hydrogens (tertiary/aromatic N) is 4. The zero-order chi connectivity index (χ0) is 26.2. The summed E-state index contributed by atoms with van der Waals surface area (Å²) in [7, 11) is -4.98. The van der Waals surface area contributed by atoms with Crippen molar-refractivity contribution in [1.29, 1.82) is 0 Å². The van der Waals surface area contributed by atoms with Gasteiger partial charge in [-0.05, 0) is 60.0 Å². The first-order valence-electron chi connectivity index (χ1n) is 10.9. The molecule has 5 N–H and O–H groups in total. The van der Waals surface area contributed by atoms with Gasteiger partial charge in [-0.1, -0.05) is 30.3 Å². The predicted octanol–water partition coefficient (Wildman–Crippen LogP) is 3.60. The fraction of sp³-hybridized carbons (Fsp3) is 0. The second-order valence-electron chi connectivity index (χ2n) is 8.15. The van der Waals surface area contributed by atoms with Gasteiger partial charge in [0.2, 0.25) is 0 Å². The Balaban J connectivity index is 0.00000336. The van der Waals surface area contributed by atoms with Crippen molar-refractivity contribution in [2.24, 2.45) is 20.5 Å². The van der Waals surface area contributed by atoms with E-state index >= 15 is 0 Å². The van der Waals surface area contributed by atoms with Gasteiger partial charge in [0.25, 0.3) is 0 Å². The molecule has 0 saturated carbocycles. The quantitative estimate of drug-likeness (QED) is 0.134. The van der Waals surface area contributed by atoms with Gasteiger partial charge in [0.1, 0.15) is 15.8 Å². The van der Waals surface area contributed by atoms with Gasteiger partial charge >= 0.3 is 29.6 Å². The molecule has 10 nitrogen and oxygen atoms in total. The van der Waals surface area contributed by atoms with Crippen molar-refractivity contribution in [2.45, 2.75) is 4.90 Å². The van der Waals surface area contributed by atoms with Gasteiger partial charge in [0.15, 0.2) is 5.75 Å². The molecule has 0 saturated heterocycles. The molecule has 0 atom stereocenters. The Labute approximate surface area is 239 Å². The third kappa shape index (κ3) is 5.52. The minimum Gasteiger partial charge on any atom is -0.744 e. The number of phenolic OH excluding ortho intramolecular Hbond substituents is 1. The van der Waals surface area contributed by atoms with Crippen LogP contribution in [0.15, 0.2) is 110 Å². The maximum atomic E-state index is 12.0. The molecule has 12 heteroatoms. The number of aromatic hydroxyl groups is 1. The first-order valence-corrected chi connectivity index (χ1v) is 12.3. The Kier molecular flexibility index (Phi) is 7.76. The zero-order valence-corrected chi connectivity index (χ0v) is 22.9. The van der Waals surface area contributed by atoms with E-state index in [4.69, 9.17) is 11.5 Å². The maximum absolute atomic E-state index is 12.0. The molecule has 38 heavy (non-hydrogen) atoms. The number of nitrogen functional groups attached to an aromatic ring is 2. The Morgan fingerprint density at radius 2 is 1.26 bits per heavy atom. The summed E-state index contributed by atoms with van der Waals surface area (Å²) >= 11 is 0. The molecule has 0 amide bonds. The normalized spacial score (nSPS) is 11.9. The van der Waals surface area contributed by atoms with Crippen LogP contribution in [-0.4, -0.2) is 18.1 Å². The molecule has 0 aliphatic heterocycles. The van der Waals surface area contributed by atoms with Crippen LogP contribution in [0.2, 0.25) is 0 Å². The molecule has 0 heterocycles. The molecule has 0 fully saturated rings. The van der Waals surface area contributed by atoms with Gasteiger partial charge < -0.3 is 21.1 Å². The zero-order valence-electron chi connectivity index (χ0n) is 20.1. The summed E-state index contributed by atoms with van der Waals surface area (Å²) in [5.74, 6) is -0.513. The molecule has 0 aromatic heterocycles. The van der Waals surface area contributed by atoms with Crippen LogP contribution >= 0.6 is 0 Å². The molecular formula is C26H19N6NaO4S. The molecular weight excluding hydrogens is 515 g/mol. The molecule has 5 aromatic carbocycles. The third-order valence-electron chi connectivity index (χ3n) is 5.65. The van der Waals surface area contributed by atoms with E-state index in [2.05, 4.69) is 20.5 Å². The van der Waals surface area contributed by atoms with Crippen LogP contribution in [0.1, 0.15) is 0 Å². The molecule has 5 aromatic rings. The predicted molar refractivity (Wildman–Crippen MR) is 141 cm³/mol. The SMILES string of the molecule is Nc1ccc(N=Nc2ccc(N=Nc3c(S(=O)(=O)[O-])cc4ccc(N)cc4c3O)c3ccccc23)cc1.[Na+]. The second kappa shape index (κ2) is 10.9. The minimum atomic E-state index is -4.98. The fourth-order valence-electron chi connectivity index (χ4n) is 3.84. The molecule has 0 aliphatic carbocycles. The number of benzene rings is 5. The number of hydrogen-bond acceptors (Lipinski definition) is 10. The maximum Gasteiger partial charge on any atom is 1.00 e. The van der Waals surface area contributed by atoms with E-state index in [-0.39, 0.29) is 34.9 Å². The van der Waals surface area contributed by atoms with Crippen LogP contribution in [0, 0.1) is 0 Å². The van der Waals surface area contributed by atoms with Gasteiger partial charge in [0.05, 0.1) is 22.0 Å². The average molecular weight is 535 g/mol. The minimum absolute atomic E-state index is 0. The van der Waals surface area contributed by atoms with Crippen molar-refractivity contribution < 1.29 is 47.6 Å². The third-order valence-corrected chi connectivity index (χ3v) is 6.50. The van der Waals surface area contributed by atoms with Crippen molar-refractivity contribution in [1.82, 2.24) is 0 Å². The summed E-state index contributed by atoms with van der Waals surface area (Å²) in [6, 6.07) is 23.1. The summed E-state index contributed by atoms with van der Waals surface area (Å²) in [4.78, 5) is -0.691. The smallest absolute Gasteiger partial charge is 0.744 e. The topological polar surface area (TPSA) is 179 Å². The van der Waals surface area contributed by atoms with Crippen molar-refractivity contribution in [3.05, 3.63) is 84.9 Å². The Morgan fingerprint density at radius 1 is 0.684 bits per heavy atom. The van der Waals surface area contributed by atoms with Crippen LogP contribution in [0.25, 0.3) is 21.5 Å². The van der Waals surface area contributed by atoms with Crippen LogP contribution in [0.4, 0.5) is 34.1 Å². The molecule has 0 aliphatic rings. The molecule has 5 rings (SSSR count). The number of nitrogens with two attached hydrogens (primary N) is 2. The Hall–Kier alpha value is -3.87. The molecule has 184 valence electrons. The first-order chi connectivity index (χ1) is 17.7. The average Bonchev–Trinajstić information content (AvgIpc) is 2.88. The molecule has 0 bridgehead atoms. The second-order valence-corrected chi connectivity index (χ2v) is 9.50. The number of hydrogen-bond donors (Lipinski definition) is 3. The standard InChI is InChI=1S/C26H20N6O4S.Na/c27-16-7-9-18(10-8-16)29-30-22-11-12-23(20-4-2-1-3-19(20)22)31-32-25-24(37(34,35)36)13-15-5-6-17(28)14-21(15)26(25)33;/h1-14,33H,27-28H2,(H,34,35,36);/q;+1/p-1. The molecule has 0 unspecified atom stereocenters. The van der Waals surface area contributed by atoms with E-state index in [1.807, 2.05) is 12.1 Å². The van der Waals surface area contributed by atoms with E-state index in [9.17, 15) is 18.1 Å². The van der Waals surface area contributed by atoms with Gasteiger partial charge in [0, 0.05) is 27.5 Å². The summed E-state index contributed by atoms with van der Waals surface area (Å²) in [5.41, 5.74) is 13.6. The van der Waals surface area contributed by atoms with Crippen molar-refractivity contribution in [3.8, 4) is 5.75 Å².